The van der Waals surface area contributed by atoms with Gasteiger partial charge in [0, 0.05) is 17.9 Å². The Morgan fingerprint density at radius 2 is 1.81 bits per heavy atom. The molecule has 0 unspecified atom stereocenters. The van der Waals surface area contributed by atoms with E-state index in [4.69, 9.17) is 0 Å². The highest BCUT2D eigenvalue weighted by Gasteiger charge is 2.15. The van der Waals surface area contributed by atoms with Crippen LogP contribution in [0.3, 0.4) is 0 Å². The van der Waals surface area contributed by atoms with Crippen molar-refractivity contribution < 1.29 is 0 Å². The first kappa shape index (κ1) is 19.4. The van der Waals surface area contributed by atoms with Crippen LogP contribution < -0.4 is 0 Å². The van der Waals surface area contributed by atoms with E-state index in [9.17, 15) is 0 Å². The normalized spacial score (nSPS) is 11.6. The van der Waals surface area contributed by atoms with Crippen molar-refractivity contribution >= 4 is 11.8 Å². The molecule has 0 saturated heterocycles. The van der Waals surface area contributed by atoms with E-state index in [1.165, 1.54) is 16.7 Å². The molecule has 2 aromatic carbocycles. The van der Waals surface area contributed by atoms with Crippen molar-refractivity contribution in [2.45, 2.75) is 50.6 Å². The zero-order valence-electron chi connectivity index (χ0n) is 16.6. The Hall–Kier alpha value is -2.33. The summed E-state index contributed by atoms with van der Waals surface area (Å²) >= 11 is 1.71. The van der Waals surface area contributed by atoms with Crippen LogP contribution in [0.15, 0.2) is 66.3 Å². The standard InChI is InChI=1S/C23H27N3S/c1-6-14-26-21(19-9-7-8-17(2)15-19)24-25-22(26)27-16-18-10-12-20(13-11-18)23(3,4)5/h6-13,15H,1,14,16H2,2-5H3. The third-order valence-electron chi connectivity index (χ3n) is 4.49. The molecule has 1 heterocycles. The lowest BCUT2D eigenvalue weighted by atomic mass is 9.87. The molecule has 4 heteroatoms. The zero-order valence-corrected chi connectivity index (χ0v) is 17.4. The van der Waals surface area contributed by atoms with Gasteiger partial charge in [-0.25, -0.2) is 0 Å². The fourth-order valence-corrected chi connectivity index (χ4v) is 3.84. The maximum Gasteiger partial charge on any atom is 0.192 e. The lowest BCUT2D eigenvalue weighted by Gasteiger charge is -2.19. The third-order valence-corrected chi connectivity index (χ3v) is 5.53. The van der Waals surface area contributed by atoms with Crippen LogP contribution in [0.25, 0.3) is 11.4 Å². The van der Waals surface area contributed by atoms with Crippen LogP contribution in [-0.2, 0) is 17.7 Å². The predicted molar refractivity (Wildman–Crippen MR) is 115 cm³/mol. The van der Waals surface area contributed by atoms with E-state index < -0.39 is 0 Å². The molecule has 0 bridgehead atoms. The number of hydrogen-bond donors (Lipinski definition) is 0. The number of benzene rings is 2. The van der Waals surface area contributed by atoms with Gasteiger partial charge in [0.25, 0.3) is 0 Å². The number of hydrogen-bond acceptors (Lipinski definition) is 3. The maximum atomic E-state index is 4.45. The summed E-state index contributed by atoms with van der Waals surface area (Å²) in [6.07, 6.45) is 1.89. The largest absolute Gasteiger partial charge is 0.298 e. The van der Waals surface area contributed by atoms with Gasteiger partial charge in [-0.2, -0.15) is 0 Å². The molecule has 0 N–H and O–H groups in total. The molecule has 1 aromatic heterocycles. The molecule has 0 amide bonds. The van der Waals surface area contributed by atoms with Gasteiger partial charge in [-0.1, -0.05) is 86.6 Å². The van der Waals surface area contributed by atoms with Crippen LogP contribution in [0.2, 0.25) is 0 Å². The number of rotatable bonds is 6. The van der Waals surface area contributed by atoms with Crippen molar-refractivity contribution in [1.82, 2.24) is 14.8 Å². The zero-order chi connectivity index (χ0) is 19.4. The summed E-state index contributed by atoms with van der Waals surface area (Å²) in [5, 5.41) is 9.81. The molecule has 0 atom stereocenters. The van der Waals surface area contributed by atoms with Crippen molar-refractivity contribution in [1.29, 1.82) is 0 Å². The second-order valence-electron chi connectivity index (χ2n) is 7.81. The summed E-state index contributed by atoms with van der Waals surface area (Å²) in [5.41, 5.74) is 5.13. The summed E-state index contributed by atoms with van der Waals surface area (Å²) in [6.45, 7) is 13.4. The number of aromatic nitrogens is 3. The molecule has 3 nitrogen and oxygen atoms in total. The van der Waals surface area contributed by atoms with Crippen LogP contribution >= 0.6 is 11.8 Å². The van der Waals surface area contributed by atoms with Gasteiger partial charge < -0.3 is 0 Å². The highest BCUT2D eigenvalue weighted by Crippen LogP contribution is 2.28. The first-order valence-corrected chi connectivity index (χ1v) is 10.2. The molecular weight excluding hydrogens is 350 g/mol. The smallest absolute Gasteiger partial charge is 0.192 e. The van der Waals surface area contributed by atoms with Crippen LogP contribution in [0.1, 0.15) is 37.5 Å². The molecular formula is C23H27N3S. The lowest BCUT2D eigenvalue weighted by molar-refractivity contribution is 0.590. The number of thioether (sulfide) groups is 1. The van der Waals surface area contributed by atoms with Crippen molar-refractivity contribution in [3.8, 4) is 11.4 Å². The van der Waals surface area contributed by atoms with Crippen LogP contribution in [0.5, 0.6) is 0 Å². The van der Waals surface area contributed by atoms with Crippen LogP contribution in [-0.4, -0.2) is 14.8 Å². The van der Waals surface area contributed by atoms with E-state index in [0.717, 1.165) is 22.3 Å². The minimum Gasteiger partial charge on any atom is -0.298 e. The predicted octanol–water partition coefficient (Wildman–Crippen LogP) is 6.03. The van der Waals surface area contributed by atoms with Gasteiger partial charge in [0.05, 0.1) is 0 Å². The van der Waals surface area contributed by atoms with E-state index in [2.05, 4.69) is 97.6 Å². The molecule has 3 rings (SSSR count). The van der Waals surface area contributed by atoms with E-state index in [1.54, 1.807) is 11.8 Å². The van der Waals surface area contributed by atoms with Crippen LogP contribution in [0.4, 0.5) is 0 Å². The molecule has 27 heavy (non-hydrogen) atoms. The molecule has 0 fully saturated rings. The average molecular weight is 378 g/mol. The monoisotopic (exact) mass is 377 g/mol. The average Bonchev–Trinajstić information content (AvgIpc) is 3.03. The summed E-state index contributed by atoms with van der Waals surface area (Å²) in [6, 6.07) is 17.2. The van der Waals surface area contributed by atoms with Gasteiger partial charge in [0.1, 0.15) is 0 Å². The number of allylic oxidation sites excluding steroid dienone is 1. The van der Waals surface area contributed by atoms with Crippen LogP contribution in [0, 0.1) is 6.92 Å². The van der Waals surface area contributed by atoms with Gasteiger partial charge in [0.2, 0.25) is 0 Å². The molecule has 0 saturated carbocycles. The fourth-order valence-electron chi connectivity index (χ4n) is 2.94. The van der Waals surface area contributed by atoms with Crippen molar-refractivity contribution in [2.75, 3.05) is 0 Å². The fraction of sp³-hybridized carbons (Fsp3) is 0.304. The second-order valence-corrected chi connectivity index (χ2v) is 8.75. The van der Waals surface area contributed by atoms with E-state index in [-0.39, 0.29) is 5.41 Å². The molecule has 3 aromatic rings. The molecule has 0 spiro atoms. The third kappa shape index (κ3) is 4.69. The molecule has 140 valence electrons. The number of nitrogens with zero attached hydrogens (tertiary/aromatic N) is 3. The molecule has 0 aliphatic rings. The molecule has 0 aliphatic carbocycles. The van der Waals surface area contributed by atoms with Gasteiger partial charge >= 0.3 is 0 Å². The number of aryl methyl sites for hydroxylation is 1. The van der Waals surface area contributed by atoms with Crippen molar-refractivity contribution in [3.05, 3.63) is 77.9 Å². The first-order chi connectivity index (χ1) is 12.9. The Kier molecular flexibility index (Phi) is 5.85. The molecule has 0 aliphatic heterocycles. The van der Waals surface area contributed by atoms with E-state index in [0.29, 0.717) is 6.54 Å². The SMILES string of the molecule is C=CCn1c(SCc2ccc(C(C)(C)C)cc2)nnc1-c1cccc(C)c1. The van der Waals surface area contributed by atoms with E-state index >= 15 is 0 Å². The summed E-state index contributed by atoms with van der Waals surface area (Å²) in [7, 11) is 0. The van der Waals surface area contributed by atoms with Crippen molar-refractivity contribution in [2.24, 2.45) is 0 Å². The lowest BCUT2D eigenvalue weighted by Crippen LogP contribution is -2.10. The summed E-state index contributed by atoms with van der Waals surface area (Å²) < 4.78 is 2.13. The Morgan fingerprint density at radius 3 is 2.44 bits per heavy atom. The van der Waals surface area contributed by atoms with Gasteiger partial charge in [0.15, 0.2) is 11.0 Å². The first-order valence-electron chi connectivity index (χ1n) is 9.22. The van der Waals surface area contributed by atoms with Gasteiger partial charge in [-0.05, 0) is 29.5 Å². The minimum atomic E-state index is 0.179. The highest BCUT2D eigenvalue weighted by atomic mass is 32.2. The minimum absolute atomic E-state index is 0.179. The maximum absolute atomic E-state index is 4.45. The topological polar surface area (TPSA) is 30.7 Å². The Labute approximate surface area is 166 Å². The molecule has 0 radical (unpaired) electrons. The van der Waals surface area contributed by atoms with E-state index in [1.807, 2.05) is 6.08 Å². The van der Waals surface area contributed by atoms with Gasteiger partial charge in [-0.15, -0.1) is 16.8 Å². The summed E-state index contributed by atoms with van der Waals surface area (Å²) in [4.78, 5) is 0. The van der Waals surface area contributed by atoms with Crippen molar-refractivity contribution in [3.63, 3.8) is 0 Å². The Morgan fingerprint density at radius 1 is 1.07 bits per heavy atom. The highest BCUT2D eigenvalue weighted by molar-refractivity contribution is 7.98. The quantitative estimate of drug-likeness (QED) is 0.388. The van der Waals surface area contributed by atoms with Gasteiger partial charge in [-0.3, -0.25) is 4.57 Å². The summed E-state index contributed by atoms with van der Waals surface area (Å²) in [5.74, 6) is 1.76. The Balaban J connectivity index is 1.80. The second kappa shape index (κ2) is 8.13. The Bertz CT molecular complexity index is 918.